The fraction of sp³-hybridized carbons (Fsp3) is 0.696. The van der Waals surface area contributed by atoms with E-state index >= 15 is 0 Å². The first-order valence-corrected chi connectivity index (χ1v) is 26.8. The SMILES string of the molecule is CCCCC[C@@H](O)/C=C/C=C\C=C\C=C\[C@@H](O)[C@H](O)CCCC(=O)OC[C@H](COP(=O)(O)OP(=O)(O)OC[C@H]1O[C@@H](n2ccc(N)nc2=O)[C@H](O)[C@@H]1O)OC(=O)CCCCCCCCCCC(C)C. The van der Waals surface area contributed by atoms with Crippen molar-refractivity contribution in [2.45, 2.75) is 179 Å². The number of rotatable bonds is 37. The Morgan fingerprint density at radius 3 is 2.03 bits per heavy atom. The molecule has 21 nitrogen and oxygen atoms in total. The number of nitrogen functional groups attached to an aromatic ring is 1. The van der Waals surface area contributed by atoms with E-state index < -0.39 is 102 Å². The molecule has 69 heavy (non-hydrogen) atoms. The number of hydrogen-bond donors (Lipinski definition) is 8. The predicted molar refractivity (Wildman–Crippen MR) is 256 cm³/mol. The number of hydrogen-bond acceptors (Lipinski definition) is 18. The third kappa shape index (κ3) is 27.7. The number of ether oxygens (including phenoxy) is 3. The van der Waals surface area contributed by atoms with Gasteiger partial charge in [-0.05, 0) is 37.7 Å². The third-order valence-electron chi connectivity index (χ3n) is 10.7. The van der Waals surface area contributed by atoms with Crippen molar-refractivity contribution in [3.8, 4) is 0 Å². The second-order valence-corrected chi connectivity index (χ2v) is 20.4. The Bertz CT molecular complexity index is 1910. The monoisotopic (exact) mass is 1020 g/mol. The maximum absolute atomic E-state index is 12.8. The quantitative estimate of drug-likeness (QED) is 0.0170. The lowest BCUT2D eigenvalue weighted by atomic mass is 10.0. The van der Waals surface area contributed by atoms with Crippen molar-refractivity contribution >= 4 is 33.4 Å². The molecular weight excluding hydrogens is 944 g/mol. The minimum absolute atomic E-state index is 0.0106. The molecule has 1 aromatic rings. The van der Waals surface area contributed by atoms with Crippen LogP contribution in [-0.4, -0.2) is 119 Å². The van der Waals surface area contributed by atoms with Gasteiger partial charge in [0.1, 0.15) is 30.7 Å². The number of allylic oxidation sites excluding steroid dienone is 6. The molecule has 10 atom stereocenters. The van der Waals surface area contributed by atoms with Crippen molar-refractivity contribution in [2.24, 2.45) is 5.92 Å². The molecule has 0 aromatic carbocycles. The molecule has 0 radical (unpaired) electrons. The van der Waals surface area contributed by atoms with E-state index in [0.29, 0.717) is 18.8 Å². The standard InChI is InChI=1S/C46H77N3O18P2/c1-4-5-16-23-35(50)24-18-13-10-11-14-19-25-37(51)38(52)26-21-28-41(53)62-31-36(65-42(54)27-20-15-9-7-6-8-12-17-22-34(2)3)32-63-68(58,59)67-69(60,61)64-33-39-43(55)44(56)45(66-39)49-30-29-40(47)48-46(49)57/h10-11,13-14,18-19,24-25,29-30,34-39,43-45,50-52,55-56H,4-9,12,15-17,20-23,26-28,31-33H2,1-3H3,(H,58,59)(H,60,61)(H2,47,48,57)/b13-10-,14-11+,24-18+,25-19+/t35-,36-,37-,38-,39-,43-,44-,45-/m1/s1. The van der Waals surface area contributed by atoms with Gasteiger partial charge in [0.25, 0.3) is 0 Å². The number of aromatic nitrogens is 2. The number of anilines is 1. The number of esters is 2. The number of phosphoric ester groups is 2. The maximum Gasteiger partial charge on any atom is 0.481 e. The Hall–Kier alpha value is -3.40. The van der Waals surface area contributed by atoms with E-state index in [1.54, 1.807) is 42.5 Å². The van der Waals surface area contributed by atoms with E-state index in [1.807, 2.05) is 0 Å². The summed E-state index contributed by atoms with van der Waals surface area (Å²) in [7, 11) is -11.0. The summed E-state index contributed by atoms with van der Waals surface area (Å²) in [6, 6.07) is 1.22. The number of nitrogens with two attached hydrogens (primary N) is 1. The summed E-state index contributed by atoms with van der Waals surface area (Å²) in [5, 5.41) is 51.5. The number of aliphatic hydroxyl groups excluding tert-OH is 5. The van der Waals surface area contributed by atoms with E-state index in [0.717, 1.165) is 62.1 Å². The van der Waals surface area contributed by atoms with Crippen molar-refractivity contribution in [2.75, 3.05) is 25.6 Å². The average Bonchev–Trinajstić information content (AvgIpc) is 3.56. The second kappa shape index (κ2) is 34.1. The fourth-order valence-electron chi connectivity index (χ4n) is 6.82. The molecule has 23 heteroatoms. The molecular formula is C46H77N3O18P2. The summed E-state index contributed by atoms with van der Waals surface area (Å²) in [5.41, 5.74) is 4.55. The van der Waals surface area contributed by atoms with Crippen LogP contribution >= 0.6 is 15.6 Å². The molecule has 2 rings (SSSR count). The smallest absolute Gasteiger partial charge is 0.462 e. The van der Waals surface area contributed by atoms with Gasteiger partial charge in [-0.15, -0.1) is 0 Å². The van der Waals surface area contributed by atoms with Crippen LogP contribution in [0.15, 0.2) is 65.7 Å². The molecule has 394 valence electrons. The molecule has 0 saturated carbocycles. The van der Waals surface area contributed by atoms with E-state index in [1.165, 1.54) is 31.4 Å². The molecule has 9 N–H and O–H groups in total. The zero-order valence-electron chi connectivity index (χ0n) is 40.1. The van der Waals surface area contributed by atoms with Crippen molar-refractivity contribution in [3.63, 3.8) is 0 Å². The number of phosphoric acid groups is 2. The second-order valence-electron chi connectivity index (χ2n) is 17.3. The predicted octanol–water partition coefficient (Wildman–Crippen LogP) is 5.77. The minimum Gasteiger partial charge on any atom is -0.462 e. The van der Waals surface area contributed by atoms with Crippen molar-refractivity contribution in [1.82, 2.24) is 9.55 Å². The summed E-state index contributed by atoms with van der Waals surface area (Å²) < 4.78 is 56.3. The van der Waals surface area contributed by atoms with Gasteiger partial charge >= 0.3 is 33.3 Å². The Morgan fingerprint density at radius 2 is 1.38 bits per heavy atom. The Kier molecular flexibility index (Phi) is 30.5. The van der Waals surface area contributed by atoms with Gasteiger partial charge in [0.05, 0.1) is 31.5 Å². The normalized spacial score (nSPS) is 21.3. The zero-order chi connectivity index (χ0) is 51.2. The molecule has 1 aliphatic heterocycles. The van der Waals surface area contributed by atoms with Crippen LogP contribution in [0, 0.1) is 5.92 Å². The maximum atomic E-state index is 12.8. The van der Waals surface area contributed by atoms with Gasteiger partial charge in [0, 0.05) is 19.0 Å². The number of aliphatic hydroxyl groups is 5. The molecule has 2 heterocycles. The van der Waals surface area contributed by atoms with E-state index in [2.05, 4.69) is 30.1 Å². The molecule has 2 unspecified atom stereocenters. The highest BCUT2D eigenvalue weighted by Gasteiger charge is 2.46. The fourth-order valence-corrected chi connectivity index (χ4v) is 8.93. The highest BCUT2D eigenvalue weighted by Crippen LogP contribution is 2.60. The average molecular weight is 1020 g/mol. The van der Waals surface area contributed by atoms with Crippen LogP contribution in [0.3, 0.4) is 0 Å². The van der Waals surface area contributed by atoms with E-state index in [9.17, 15) is 58.8 Å². The van der Waals surface area contributed by atoms with Crippen LogP contribution in [-0.2, 0) is 46.3 Å². The Morgan fingerprint density at radius 1 is 0.783 bits per heavy atom. The summed E-state index contributed by atoms with van der Waals surface area (Å²) in [4.78, 5) is 61.7. The van der Waals surface area contributed by atoms with Gasteiger partial charge in [-0.25, -0.2) is 13.9 Å². The largest absolute Gasteiger partial charge is 0.481 e. The number of carbonyl (C=O) groups is 2. The molecule has 0 spiro atoms. The first-order chi connectivity index (χ1) is 32.7. The Balaban J connectivity index is 1.90. The van der Waals surface area contributed by atoms with Crippen molar-refractivity contribution in [3.05, 3.63) is 71.4 Å². The van der Waals surface area contributed by atoms with Crippen molar-refractivity contribution in [1.29, 1.82) is 0 Å². The highest BCUT2D eigenvalue weighted by molar-refractivity contribution is 7.61. The summed E-state index contributed by atoms with van der Waals surface area (Å²) >= 11 is 0. The summed E-state index contributed by atoms with van der Waals surface area (Å²) in [5.74, 6) is -0.967. The van der Waals surface area contributed by atoms with Gasteiger partial charge < -0.3 is 55.3 Å². The molecule has 0 bridgehead atoms. The Labute approximate surface area is 405 Å². The van der Waals surface area contributed by atoms with Crippen LogP contribution < -0.4 is 11.4 Å². The van der Waals surface area contributed by atoms with Crippen LogP contribution in [0.5, 0.6) is 0 Å². The van der Waals surface area contributed by atoms with Gasteiger partial charge in [0.15, 0.2) is 12.3 Å². The summed E-state index contributed by atoms with van der Waals surface area (Å²) in [6.07, 6.45) is 16.0. The van der Waals surface area contributed by atoms with Crippen LogP contribution in [0.4, 0.5) is 5.82 Å². The summed E-state index contributed by atoms with van der Waals surface area (Å²) in [6.45, 7) is 3.91. The van der Waals surface area contributed by atoms with Crippen LogP contribution in [0.1, 0.15) is 136 Å². The lowest BCUT2D eigenvalue weighted by molar-refractivity contribution is -0.161. The number of nitrogens with zero attached hydrogens (tertiary/aromatic N) is 2. The first kappa shape index (κ1) is 61.7. The molecule has 0 amide bonds. The van der Waals surface area contributed by atoms with Crippen molar-refractivity contribution < 1.29 is 81.6 Å². The van der Waals surface area contributed by atoms with Crippen LogP contribution in [0.25, 0.3) is 0 Å². The van der Waals surface area contributed by atoms with Gasteiger partial charge in [-0.1, -0.05) is 140 Å². The molecule has 1 aliphatic rings. The molecule has 1 fully saturated rings. The number of carbonyl (C=O) groups excluding carboxylic acids is 2. The lowest BCUT2D eigenvalue weighted by Gasteiger charge is -2.21. The van der Waals surface area contributed by atoms with E-state index in [-0.39, 0.29) is 31.5 Å². The molecule has 1 aromatic heterocycles. The number of unbranched alkanes of at least 4 members (excludes halogenated alkanes) is 9. The zero-order valence-corrected chi connectivity index (χ0v) is 41.9. The molecule has 0 aliphatic carbocycles. The van der Waals surface area contributed by atoms with Gasteiger partial charge in [-0.3, -0.25) is 23.2 Å². The topological polar surface area (TPSA) is 326 Å². The lowest BCUT2D eigenvalue weighted by Crippen LogP contribution is -2.36. The first-order valence-electron chi connectivity index (χ1n) is 23.8. The van der Waals surface area contributed by atoms with Gasteiger partial charge in [0.2, 0.25) is 0 Å². The highest BCUT2D eigenvalue weighted by atomic mass is 31.3. The molecule has 1 saturated heterocycles. The van der Waals surface area contributed by atoms with Gasteiger partial charge in [-0.2, -0.15) is 9.29 Å². The third-order valence-corrected chi connectivity index (χ3v) is 13.3. The van der Waals surface area contributed by atoms with E-state index in [4.69, 9.17) is 29.0 Å². The minimum atomic E-state index is -5.49. The van der Waals surface area contributed by atoms with Crippen LogP contribution in [0.2, 0.25) is 0 Å².